The molecule has 31 heavy (non-hydrogen) atoms. The van der Waals surface area contributed by atoms with Crippen LogP contribution in [0.3, 0.4) is 0 Å². The number of aryl methyl sites for hydroxylation is 1. The lowest BCUT2D eigenvalue weighted by atomic mass is 10.1. The predicted octanol–water partition coefficient (Wildman–Crippen LogP) is 3.59. The molecule has 2 rings (SSSR count). The fraction of sp³-hybridized carbons (Fsp3) is 0.440. The normalized spacial score (nSPS) is 10.4. The average Bonchev–Trinajstić information content (AvgIpc) is 2.77. The summed E-state index contributed by atoms with van der Waals surface area (Å²) < 4.78 is 10.7. The highest BCUT2D eigenvalue weighted by Crippen LogP contribution is 2.32. The van der Waals surface area contributed by atoms with Crippen molar-refractivity contribution in [3.8, 4) is 11.5 Å². The van der Waals surface area contributed by atoms with E-state index in [-0.39, 0.29) is 11.8 Å². The van der Waals surface area contributed by atoms with Gasteiger partial charge in [-0.3, -0.25) is 9.59 Å². The first kappa shape index (κ1) is 24.3. The van der Waals surface area contributed by atoms with E-state index in [0.29, 0.717) is 44.5 Å². The zero-order chi connectivity index (χ0) is 22.5. The van der Waals surface area contributed by atoms with Gasteiger partial charge in [0.2, 0.25) is 11.8 Å². The number of amides is 2. The molecular formula is C25H34N2O4. The van der Waals surface area contributed by atoms with E-state index in [4.69, 9.17) is 9.47 Å². The minimum absolute atomic E-state index is 0.0154. The van der Waals surface area contributed by atoms with E-state index >= 15 is 0 Å². The lowest BCUT2D eigenvalue weighted by Gasteiger charge is -2.13. The molecule has 6 heteroatoms. The second-order valence-corrected chi connectivity index (χ2v) is 7.54. The fourth-order valence-electron chi connectivity index (χ4n) is 3.46. The van der Waals surface area contributed by atoms with Crippen molar-refractivity contribution in [2.45, 2.75) is 45.4 Å². The molecule has 0 heterocycles. The molecule has 0 fully saturated rings. The minimum Gasteiger partial charge on any atom is -0.493 e. The molecule has 0 aromatic heterocycles. The first-order valence-corrected chi connectivity index (χ1v) is 10.8. The van der Waals surface area contributed by atoms with Crippen molar-refractivity contribution in [2.75, 3.05) is 27.3 Å². The fourth-order valence-corrected chi connectivity index (χ4v) is 3.46. The van der Waals surface area contributed by atoms with Crippen LogP contribution >= 0.6 is 0 Å². The maximum absolute atomic E-state index is 12.0. The molecule has 2 amide bonds. The third-order valence-electron chi connectivity index (χ3n) is 5.10. The second-order valence-electron chi connectivity index (χ2n) is 7.54. The molecule has 0 aliphatic heterocycles. The Morgan fingerprint density at radius 3 is 1.94 bits per heavy atom. The quantitative estimate of drug-likeness (QED) is 0.480. The van der Waals surface area contributed by atoms with Gasteiger partial charge in [0.1, 0.15) is 0 Å². The lowest BCUT2D eigenvalue weighted by molar-refractivity contribution is -0.123. The van der Waals surface area contributed by atoms with Crippen LogP contribution in [0.25, 0.3) is 0 Å². The summed E-state index contributed by atoms with van der Waals surface area (Å²) in [5.74, 6) is 1.49. The summed E-state index contributed by atoms with van der Waals surface area (Å²) >= 11 is 0. The molecular weight excluding hydrogens is 392 g/mol. The molecule has 6 nitrogen and oxygen atoms in total. The highest BCUT2D eigenvalue weighted by molar-refractivity contribution is 5.77. The Morgan fingerprint density at radius 2 is 1.39 bits per heavy atom. The molecule has 0 spiro atoms. The third-order valence-corrected chi connectivity index (χ3v) is 5.10. The van der Waals surface area contributed by atoms with Crippen molar-refractivity contribution in [1.29, 1.82) is 0 Å². The van der Waals surface area contributed by atoms with E-state index < -0.39 is 0 Å². The summed E-state index contributed by atoms with van der Waals surface area (Å²) in [6, 6.07) is 14.1. The van der Waals surface area contributed by atoms with Gasteiger partial charge in [-0.25, -0.2) is 0 Å². The van der Waals surface area contributed by atoms with Gasteiger partial charge in [-0.15, -0.1) is 0 Å². The molecule has 0 aliphatic carbocycles. The Balaban J connectivity index is 1.57. The number of methoxy groups -OCH3 is 2. The first-order valence-electron chi connectivity index (χ1n) is 10.8. The van der Waals surface area contributed by atoms with Gasteiger partial charge in [0.15, 0.2) is 11.5 Å². The van der Waals surface area contributed by atoms with Crippen molar-refractivity contribution in [1.82, 2.24) is 10.6 Å². The maximum atomic E-state index is 12.0. The summed E-state index contributed by atoms with van der Waals surface area (Å²) in [6.07, 6.45) is 3.84. The Hall–Kier alpha value is -3.02. The number of unbranched alkanes of at least 4 members (excludes halogenated alkanes) is 1. The van der Waals surface area contributed by atoms with Gasteiger partial charge >= 0.3 is 0 Å². The van der Waals surface area contributed by atoms with E-state index in [1.54, 1.807) is 14.2 Å². The zero-order valence-electron chi connectivity index (χ0n) is 18.8. The van der Waals surface area contributed by atoms with Gasteiger partial charge in [0, 0.05) is 25.9 Å². The molecule has 2 aromatic rings. The lowest BCUT2D eigenvalue weighted by Crippen LogP contribution is -2.26. The summed E-state index contributed by atoms with van der Waals surface area (Å²) in [4.78, 5) is 23.9. The summed E-state index contributed by atoms with van der Waals surface area (Å²) in [7, 11) is 3.24. The van der Waals surface area contributed by atoms with Crippen molar-refractivity contribution >= 4 is 11.8 Å². The molecule has 168 valence electrons. The summed E-state index contributed by atoms with van der Waals surface area (Å²) in [5, 5.41) is 5.88. The van der Waals surface area contributed by atoms with Crippen molar-refractivity contribution in [2.24, 2.45) is 0 Å². The molecule has 0 radical (unpaired) electrons. The third kappa shape index (κ3) is 8.70. The average molecular weight is 427 g/mol. The smallest absolute Gasteiger partial charge is 0.220 e. The number of benzene rings is 2. The SMILES string of the molecule is COc1cc(CCNC(=O)CCCCC(=O)NCCc2ccccc2)cc(C)c1OC. The van der Waals surface area contributed by atoms with Gasteiger partial charge in [-0.05, 0) is 55.4 Å². The summed E-state index contributed by atoms with van der Waals surface area (Å²) in [6.45, 7) is 3.17. The molecule has 2 N–H and O–H groups in total. The van der Waals surface area contributed by atoms with Crippen LogP contribution in [0.4, 0.5) is 0 Å². The zero-order valence-corrected chi connectivity index (χ0v) is 18.8. The van der Waals surface area contributed by atoms with Crippen LogP contribution in [0.1, 0.15) is 42.4 Å². The largest absolute Gasteiger partial charge is 0.493 e. The Morgan fingerprint density at radius 1 is 0.806 bits per heavy atom. The Bertz CT molecular complexity index is 837. The number of hydrogen-bond acceptors (Lipinski definition) is 4. The summed E-state index contributed by atoms with van der Waals surface area (Å²) in [5.41, 5.74) is 3.30. The van der Waals surface area contributed by atoms with E-state index in [1.807, 2.05) is 37.3 Å². The number of ether oxygens (including phenoxy) is 2. The van der Waals surface area contributed by atoms with Crippen molar-refractivity contribution in [3.05, 3.63) is 59.2 Å². The van der Waals surface area contributed by atoms with Crippen molar-refractivity contribution in [3.63, 3.8) is 0 Å². The monoisotopic (exact) mass is 426 g/mol. The van der Waals surface area contributed by atoms with E-state index in [1.165, 1.54) is 5.56 Å². The number of rotatable bonds is 13. The van der Waals surface area contributed by atoms with Gasteiger partial charge in [0.25, 0.3) is 0 Å². The molecule has 0 atom stereocenters. The molecule has 0 unspecified atom stereocenters. The molecule has 0 saturated carbocycles. The predicted molar refractivity (Wildman–Crippen MR) is 123 cm³/mol. The number of carbonyl (C=O) groups excluding carboxylic acids is 2. The second kappa shape index (κ2) is 13.3. The van der Waals surface area contributed by atoms with Gasteiger partial charge in [0.05, 0.1) is 14.2 Å². The van der Waals surface area contributed by atoms with Crippen LogP contribution in [0, 0.1) is 6.92 Å². The standard InChI is InChI=1S/C25H34N2O4/c1-19-17-21(18-22(30-2)25(19)31-3)14-16-27-24(29)12-8-7-11-23(28)26-15-13-20-9-5-4-6-10-20/h4-6,9-10,17-18H,7-8,11-16H2,1-3H3,(H,26,28)(H,27,29). The molecule has 2 aromatic carbocycles. The molecule has 0 bridgehead atoms. The van der Waals surface area contributed by atoms with Gasteiger partial charge in [-0.2, -0.15) is 0 Å². The number of carbonyl (C=O) groups is 2. The first-order chi connectivity index (χ1) is 15.0. The van der Waals surface area contributed by atoms with Crippen LogP contribution in [-0.2, 0) is 22.4 Å². The van der Waals surface area contributed by atoms with Crippen molar-refractivity contribution < 1.29 is 19.1 Å². The number of hydrogen-bond donors (Lipinski definition) is 2. The van der Waals surface area contributed by atoms with Crippen LogP contribution in [0.5, 0.6) is 11.5 Å². The van der Waals surface area contributed by atoms with Crippen LogP contribution in [0.2, 0.25) is 0 Å². The van der Waals surface area contributed by atoms with Crippen LogP contribution in [-0.4, -0.2) is 39.1 Å². The minimum atomic E-state index is 0.0154. The topological polar surface area (TPSA) is 76.7 Å². The van der Waals surface area contributed by atoms with Crippen LogP contribution < -0.4 is 20.1 Å². The van der Waals surface area contributed by atoms with Crippen LogP contribution in [0.15, 0.2) is 42.5 Å². The Kier molecular flexibility index (Phi) is 10.4. The van der Waals surface area contributed by atoms with E-state index in [0.717, 1.165) is 29.7 Å². The van der Waals surface area contributed by atoms with Gasteiger partial charge in [-0.1, -0.05) is 36.4 Å². The van der Waals surface area contributed by atoms with E-state index in [9.17, 15) is 9.59 Å². The molecule has 0 saturated heterocycles. The maximum Gasteiger partial charge on any atom is 0.220 e. The Labute approximate surface area is 185 Å². The highest BCUT2D eigenvalue weighted by Gasteiger charge is 2.10. The number of nitrogens with one attached hydrogen (secondary N) is 2. The highest BCUT2D eigenvalue weighted by atomic mass is 16.5. The van der Waals surface area contributed by atoms with Gasteiger partial charge < -0.3 is 20.1 Å². The van der Waals surface area contributed by atoms with E-state index in [2.05, 4.69) is 22.8 Å². The molecule has 0 aliphatic rings.